The first-order chi connectivity index (χ1) is 27.3. The maximum Gasteiger partial charge on any atom is 0.243 e. The van der Waals surface area contributed by atoms with Crippen LogP contribution in [0.5, 0.6) is 0 Å². The van der Waals surface area contributed by atoms with Gasteiger partial charge in [-0.25, -0.2) is 0 Å². The summed E-state index contributed by atoms with van der Waals surface area (Å²) in [5.74, 6) is 0. The molecule has 0 saturated carbocycles. The van der Waals surface area contributed by atoms with E-state index in [1.54, 1.807) is 0 Å². The summed E-state index contributed by atoms with van der Waals surface area (Å²) in [4.78, 5) is 0. The molecular formula is C56H60B2. The van der Waals surface area contributed by atoms with Crippen LogP contribution in [0.15, 0.2) is 91.0 Å². The first kappa shape index (κ1) is 39.7. The Morgan fingerprint density at radius 2 is 0.603 bits per heavy atom. The highest BCUT2D eigenvalue weighted by molar-refractivity contribution is 7.01. The van der Waals surface area contributed by atoms with Crippen LogP contribution in [-0.4, -0.2) is 13.4 Å². The molecule has 0 spiro atoms. The lowest BCUT2D eigenvalue weighted by molar-refractivity contribution is 0.591. The van der Waals surface area contributed by atoms with Crippen molar-refractivity contribution in [3.05, 3.63) is 163 Å². The van der Waals surface area contributed by atoms with E-state index in [9.17, 15) is 0 Å². The third kappa shape index (κ3) is 6.58. The minimum Gasteiger partial charge on any atom is -0.0705 e. The van der Waals surface area contributed by atoms with Crippen LogP contribution in [-0.2, 0) is 5.41 Å². The third-order valence-corrected chi connectivity index (χ3v) is 13.4. The SMILES string of the molecule is Cc1cc(C)c(B(c2c(C)cc(C)cc2C)c2cc(B(c3c(C)cc(C)cc3C)c3c(C)cc(C)cc3C)c3ccc4cc(C(C)(C)C)cc5ccc2c3c54)c(C)c1. The van der Waals surface area contributed by atoms with E-state index in [2.05, 4.69) is 195 Å². The standard InChI is InChI=1S/C56H60B2/c1-31-20-35(5)52(36(6)21-31)57(53-37(7)22-32(2)23-38(53)8)48-30-49(47-19-17-44-29-45(56(13,14)15)28-43-16-18-46(48)51(47)50(43)44)58(54-39(9)24-33(3)25-40(54)10)55-41(11)26-34(4)27-42(55)12/h16-30H,1-15H3. The number of hydrogen-bond acceptors (Lipinski definition) is 0. The molecule has 0 aliphatic carbocycles. The second kappa shape index (κ2) is 14.3. The van der Waals surface area contributed by atoms with E-state index in [4.69, 9.17) is 0 Å². The van der Waals surface area contributed by atoms with Crippen LogP contribution < -0.4 is 32.8 Å². The topological polar surface area (TPSA) is 0 Å². The average Bonchev–Trinajstić information content (AvgIpc) is 3.10. The van der Waals surface area contributed by atoms with Gasteiger partial charge in [-0.15, -0.1) is 0 Å². The van der Waals surface area contributed by atoms with Gasteiger partial charge in [0.25, 0.3) is 0 Å². The Morgan fingerprint density at radius 3 is 0.862 bits per heavy atom. The van der Waals surface area contributed by atoms with Crippen molar-refractivity contribution in [1.29, 1.82) is 0 Å². The van der Waals surface area contributed by atoms with Crippen molar-refractivity contribution in [2.45, 2.75) is 109 Å². The Labute approximate surface area is 349 Å². The van der Waals surface area contributed by atoms with Gasteiger partial charge in [-0.1, -0.05) is 211 Å². The van der Waals surface area contributed by atoms with E-state index < -0.39 is 0 Å². The average molecular weight is 755 g/mol. The summed E-state index contributed by atoms with van der Waals surface area (Å²) in [6, 6.07) is 36.6. The molecule has 0 heterocycles. The molecule has 0 bridgehead atoms. The second-order valence-electron chi connectivity index (χ2n) is 19.3. The van der Waals surface area contributed by atoms with Gasteiger partial charge in [0.15, 0.2) is 0 Å². The van der Waals surface area contributed by atoms with E-state index >= 15 is 0 Å². The van der Waals surface area contributed by atoms with Gasteiger partial charge in [-0.3, -0.25) is 0 Å². The predicted molar refractivity (Wildman–Crippen MR) is 261 cm³/mol. The van der Waals surface area contributed by atoms with E-state index in [0.717, 1.165) is 0 Å². The molecule has 0 amide bonds. The fourth-order valence-electron chi connectivity index (χ4n) is 11.4. The fraction of sp³-hybridized carbons (Fsp3) is 0.286. The molecule has 0 unspecified atom stereocenters. The molecule has 8 rings (SSSR count). The summed E-state index contributed by atoms with van der Waals surface area (Å²) >= 11 is 0. The Hall–Kier alpha value is -5.07. The van der Waals surface area contributed by atoms with E-state index in [1.165, 1.54) is 137 Å². The van der Waals surface area contributed by atoms with Crippen molar-refractivity contribution >= 4 is 78.5 Å². The number of rotatable bonds is 6. The smallest absolute Gasteiger partial charge is 0.0705 e. The summed E-state index contributed by atoms with van der Waals surface area (Å²) in [5.41, 5.74) is 26.1. The summed E-state index contributed by atoms with van der Waals surface area (Å²) in [5, 5.41) is 8.15. The molecular weight excluding hydrogens is 694 g/mol. The molecule has 58 heavy (non-hydrogen) atoms. The second-order valence-corrected chi connectivity index (χ2v) is 19.3. The normalized spacial score (nSPS) is 12.1. The molecule has 0 aliphatic heterocycles. The molecule has 0 aliphatic rings. The zero-order valence-corrected chi connectivity index (χ0v) is 37.8. The number of benzene rings is 8. The molecule has 290 valence electrons. The molecule has 8 aromatic rings. The first-order valence-corrected chi connectivity index (χ1v) is 21.4. The molecule has 8 aromatic carbocycles. The van der Waals surface area contributed by atoms with Crippen molar-refractivity contribution < 1.29 is 0 Å². The summed E-state index contributed by atoms with van der Waals surface area (Å²) in [6.45, 7) is 34.8. The van der Waals surface area contributed by atoms with E-state index in [-0.39, 0.29) is 18.8 Å². The Kier molecular flexibility index (Phi) is 9.82. The molecule has 0 N–H and O–H groups in total. The number of aryl methyl sites for hydroxylation is 12. The summed E-state index contributed by atoms with van der Waals surface area (Å²) < 4.78 is 0. The Balaban J connectivity index is 1.64. The van der Waals surface area contributed by atoms with Crippen LogP contribution in [0.4, 0.5) is 0 Å². The van der Waals surface area contributed by atoms with Crippen LogP contribution in [0.2, 0.25) is 0 Å². The van der Waals surface area contributed by atoms with Gasteiger partial charge < -0.3 is 0 Å². The zero-order valence-electron chi connectivity index (χ0n) is 37.8. The summed E-state index contributed by atoms with van der Waals surface area (Å²) in [6.07, 6.45) is 0. The van der Waals surface area contributed by atoms with Crippen LogP contribution in [0.25, 0.3) is 32.3 Å². The lowest BCUT2D eigenvalue weighted by Gasteiger charge is -2.30. The zero-order chi connectivity index (χ0) is 41.7. The highest BCUT2D eigenvalue weighted by Crippen LogP contribution is 2.37. The Morgan fingerprint density at radius 1 is 0.328 bits per heavy atom. The lowest BCUT2D eigenvalue weighted by Crippen LogP contribution is -2.60. The van der Waals surface area contributed by atoms with Gasteiger partial charge in [-0.05, 0) is 126 Å². The predicted octanol–water partition coefficient (Wildman–Crippen LogP) is 10.6. The van der Waals surface area contributed by atoms with Gasteiger partial charge >= 0.3 is 0 Å². The molecule has 0 saturated heterocycles. The lowest BCUT2D eigenvalue weighted by atomic mass is 9.30. The number of hydrogen-bond donors (Lipinski definition) is 0. The molecule has 2 heteroatoms. The molecule has 0 nitrogen and oxygen atoms in total. The van der Waals surface area contributed by atoms with Crippen molar-refractivity contribution in [3.63, 3.8) is 0 Å². The monoisotopic (exact) mass is 754 g/mol. The minimum atomic E-state index is 0.0377. The highest BCUT2D eigenvalue weighted by Gasteiger charge is 2.35. The van der Waals surface area contributed by atoms with Crippen molar-refractivity contribution in [2.24, 2.45) is 0 Å². The van der Waals surface area contributed by atoms with Gasteiger partial charge in [0.05, 0.1) is 0 Å². The Bertz CT molecular complexity index is 2560. The summed E-state index contributed by atoms with van der Waals surface area (Å²) in [7, 11) is 0. The largest absolute Gasteiger partial charge is 0.243 e. The van der Waals surface area contributed by atoms with Crippen molar-refractivity contribution in [1.82, 2.24) is 0 Å². The highest BCUT2D eigenvalue weighted by atomic mass is 14.2. The van der Waals surface area contributed by atoms with Gasteiger partial charge in [0.2, 0.25) is 13.4 Å². The minimum absolute atomic E-state index is 0.0377. The van der Waals surface area contributed by atoms with E-state index in [0.29, 0.717) is 0 Å². The quantitative estimate of drug-likeness (QED) is 0.117. The molecule has 0 atom stereocenters. The first-order valence-electron chi connectivity index (χ1n) is 21.4. The van der Waals surface area contributed by atoms with Crippen LogP contribution >= 0.6 is 0 Å². The maximum absolute atomic E-state index is 2.67. The van der Waals surface area contributed by atoms with Crippen LogP contribution in [0.3, 0.4) is 0 Å². The van der Waals surface area contributed by atoms with Crippen LogP contribution in [0.1, 0.15) is 93.1 Å². The molecule has 0 fully saturated rings. The van der Waals surface area contributed by atoms with Crippen LogP contribution in [0, 0.1) is 83.1 Å². The maximum atomic E-state index is 2.67. The molecule has 0 radical (unpaired) electrons. The van der Waals surface area contributed by atoms with Gasteiger partial charge in [0.1, 0.15) is 0 Å². The van der Waals surface area contributed by atoms with Gasteiger partial charge in [-0.2, -0.15) is 0 Å². The van der Waals surface area contributed by atoms with Gasteiger partial charge in [0, 0.05) is 0 Å². The van der Waals surface area contributed by atoms with E-state index in [1.807, 2.05) is 0 Å². The van der Waals surface area contributed by atoms with Crippen molar-refractivity contribution in [3.8, 4) is 0 Å². The van der Waals surface area contributed by atoms with Crippen molar-refractivity contribution in [2.75, 3.05) is 0 Å². The fourth-order valence-corrected chi connectivity index (χ4v) is 11.4. The molecule has 0 aromatic heterocycles. The third-order valence-electron chi connectivity index (χ3n) is 13.4.